The maximum Gasteiger partial charge on any atom is 0.220 e. The van der Waals surface area contributed by atoms with Gasteiger partial charge in [-0.1, -0.05) is 36.6 Å². The number of fused-ring (bicyclic) bond motifs is 1. The quantitative estimate of drug-likeness (QED) is 0.514. The molecule has 0 aliphatic heterocycles. The Morgan fingerprint density at radius 1 is 0.920 bits per heavy atom. The lowest BCUT2D eigenvalue weighted by atomic mass is 9.89. The summed E-state index contributed by atoms with van der Waals surface area (Å²) in [6.45, 7) is 6.68. The Balaban J connectivity index is 2.02. The van der Waals surface area contributed by atoms with Crippen molar-refractivity contribution in [3.8, 4) is 11.3 Å². The molecule has 4 rings (SSSR count). The van der Waals surface area contributed by atoms with Crippen LogP contribution in [0.3, 0.4) is 0 Å². The lowest BCUT2D eigenvalue weighted by Crippen LogP contribution is -2.31. The molecule has 1 aromatic heterocycles. The number of hydrogen-bond donors (Lipinski definition) is 0. The molecular formula is C24H28N+. The van der Waals surface area contributed by atoms with E-state index >= 15 is 0 Å². The fraction of sp³-hybridized carbons (Fsp3) is 0.375. The van der Waals surface area contributed by atoms with Gasteiger partial charge < -0.3 is 0 Å². The maximum absolute atomic E-state index is 2.36. The van der Waals surface area contributed by atoms with Crippen LogP contribution in [0.2, 0.25) is 0 Å². The highest BCUT2D eigenvalue weighted by Crippen LogP contribution is 2.39. The minimum Gasteiger partial charge on any atom is -0.200 e. The van der Waals surface area contributed by atoms with Crippen LogP contribution in [-0.4, -0.2) is 0 Å². The number of pyridine rings is 1. The van der Waals surface area contributed by atoms with Gasteiger partial charge in [-0.15, -0.1) is 0 Å². The second-order valence-corrected chi connectivity index (χ2v) is 7.82. The molecule has 1 aliphatic carbocycles. The van der Waals surface area contributed by atoms with Crippen molar-refractivity contribution >= 4 is 10.8 Å². The first-order chi connectivity index (χ1) is 12.1. The lowest BCUT2D eigenvalue weighted by molar-refractivity contribution is -0.659. The Kier molecular flexibility index (Phi) is 4.11. The molecule has 1 fully saturated rings. The molecule has 0 radical (unpaired) electrons. The molecule has 0 bridgehead atoms. The van der Waals surface area contributed by atoms with Crippen LogP contribution in [0.15, 0.2) is 42.6 Å². The molecule has 0 amide bonds. The zero-order chi connectivity index (χ0) is 17.6. The minimum absolute atomic E-state index is 0.740. The highest BCUT2D eigenvalue weighted by molar-refractivity contribution is 5.96. The molecule has 0 unspecified atom stereocenters. The van der Waals surface area contributed by atoms with E-state index in [0.717, 1.165) is 5.92 Å². The first-order valence-corrected chi connectivity index (χ1v) is 9.55. The Labute approximate surface area is 151 Å². The molecular weight excluding hydrogens is 302 g/mol. The highest BCUT2D eigenvalue weighted by Gasteiger charge is 2.23. The zero-order valence-electron chi connectivity index (χ0n) is 15.9. The van der Waals surface area contributed by atoms with E-state index in [0.29, 0.717) is 0 Å². The van der Waals surface area contributed by atoms with Crippen molar-refractivity contribution in [2.75, 3.05) is 0 Å². The molecule has 1 heteroatoms. The lowest BCUT2D eigenvalue weighted by Gasteiger charge is -2.15. The molecule has 1 aliphatic rings. The second kappa shape index (κ2) is 6.29. The van der Waals surface area contributed by atoms with Gasteiger partial charge in [0.1, 0.15) is 7.05 Å². The molecule has 1 heterocycles. The Morgan fingerprint density at radius 2 is 1.68 bits per heavy atom. The zero-order valence-corrected chi connectivity index (χ0v) is 15.9. The van der Waals surface area contributed by atoms with Crippen molar-refractivity contribution in [3.05, 3.63) is 64.8 Å². The number of nitrogens with zero attached hydrogens (tertiary/aromatic N) is 1. The van der Waals surface area contributed by atoms with Crippen LogP contribution in [0, 0.1) is 20.8 Å². The van der Waals surface area contributed by atoms with Gasteiger partial charge in [0.15, 0.2) is 6.20 Å². The van der Waals surface area contributed by atoms with Crippen LogP contribution in [0.25, 0.3) is 22.0 Å². The molecule has 0 spiro atoms. The fourth-order valence-corrected chi connectivity index (χ4v) is 4.64. The van der Waals surface area contributed by atoms with Crippen molar-refractivity contribution < 1.29 is 4.57 Å². The van der Waals surface area contributed by atoms with Gasteiger partial charge in [0.25, 0.3) is 0 Å². The molecule has 1 nitrogen and oxygen atoms in total. The number of rotatable bonds is 2. The molecule has 1 saturated carbocycles. The summed E-state index contributed by atoms with van der Waals surface area (Å²) in [6, 6.07) is 13.9. The molecule has 128 valence electrons. The number of hydrogen-bond acceptors (Lipinski definition) is 0. The van der Waals surface area contributed by atoms with Gasteiger partial charge in [0.2, 0.25) is 5.69 Å². The number of aromatic nitrogens is 1. The summed E-state index contributed by atoms with van der Waals surface area (Å²) >= 11 is 0. The highest BCUT2D eigenvalue weighted by atomic mass is 14.9. The van der Waals surface area contributed by atoms with Gasteiger partial charge >= 0.3 is 0 Å². The average molecular weight is 330 g/mol. The summed E-state index contributed by atoms with van der Waals surface area (Å²) in [7, 11) is 2.17. The van der Waals surface area contributed by atoms with Crippen molar-refractivity contribution in [1.29, 1.82) is 0 Å². The van der Waals surface area contributed by atoms with E-state index in [1.54, 1.807) is 5.56 Å². The van der Waals surface area contributed by atoms with E-state index in [4.69, 9.17) is 0 Å². The largest absolute Gasteiger partial charge is 0.220 e. The molecule has 25 heavy (non-hydrogen) atoms. The fourth-order valence-electron chi connectivity index (χ4n) is 4.64. The predicted octanol–water partition coefficient (Wildman–Crippen LogP) is 5.91. The molecule has 2 aromatic carbocycles. The van der Waals surface area contributed by atoms with Gasteiger partial charge in [0, 0.05) is 6.07 Å². The van der Waals surface area contributed by atoms with Crippen LogP contribution < -0.4 is 4.57 Å². The first kappa shape index (κ1) is 16.3. The summed E-state index contributed by atoms with van der Waals surface area (Å²) in [4.78, 5) is 0. The standard InChI is InChI=1S/C24H28N/c1-16-14-17(2)18(3)23(15-16)24-22-11-7-10-20(19-8-5-6-9-19)21(22)12-13-25(24)4/h7,10-15,19H,5-6,8-9H2,1-4H3/q+1. The summed E-state index contributed by atoms with van der Waals surface area (Å²) in [6.07, 6.45) is 7.69. The molecule has 3 aromatic rings. The Morgan fingerprint density at radius 3 is 2.44 bits per heavy atom. The third-order valence-corrected chi connectivity index (χ3v) is 6.07. The van der Waals surface area contributed by atoms with Gasteiger partial charge in [-0.2, -0.15) is 0 Å². The van der Waals surface area contributed by atoms with Crippen LogP contribution in [0.5, 0.6) is 0 Å². The summed E-state index contributed by atoms with van der Waals surface area (Å²) in [5.74, 6) is 0.740. The summed E-state index contributed by atoms with van der Waals surface area (Å²) in [5, 5.41) is 2.84. The van der Waals surface area contributed by atoms with E-state index in [2.05, 4.69) is 75.0 Å². The van der Waals surface area contributed by atoms with Crippen molar-refractivity contribution in [1.82, 2.24) is 0 Å². The Hall–Kier alpha value is -2.15. The van der Waals surface area contributed by atoms with Gasteiger partial charge in [-0.05, 0) is 73.7 Å². The SMILES string of the molecule is Cc1cc(C)c(C)c(-c2c3cccc(C4CCCC4)c3cc[n+]2C)c1. The minimum atomic E-state index is 0.740. The van der Waals surface area contributed by atoms with Gasteiger partial charge in [-0.3, -0.25) is 0 Å². The van der Waals surface area contributed by atoms with E-state index in [9.17, 15) is 0 Å². The first-order valence-electron chi connectivity index (χ1n) is 9.55. The van der Waals surface area contributed by atoms with E-state index in [1.165, 1.54) is 64.4 Å². The molecule has 0 atom stereocenters. The van der Waals surface area contributed by atoms with Crippen LogP contribution >= 0.6 is 0 Å². The average Bonchev–Trinajstić information content (AvgIpc) is 3.12. The third-order valence-electron chi connectivity index (χ3n) is 6.07. The monoisotopic (exact) mass is 330 g/mol. The number of benzene rings is 2. The van der Waals surface area contributed by atoms with E-state index < -0.39 is 0 Å². The normalized spacial score (nSPS) is 15.2. The topological polar surface area (TPSA) is 3.88 Å². The second-order valence-electron chi connectivity index (χ2n) is 7.82. The Bertz CT molecular complexity index is 946. The van der Waals surface area contributed by atoms with Crippen LogP contribution in [-0.2, 0) is 7.05 Å². The molecule has 0 N–H and O–H groups in total. The van der Waals surface area contributed by atoms with Crippen molar-refractivity contribution in [2.24, 2.45) is 7.05 Å². The summed E-state index contributed by atoms with van der Waals surface area (Å²) < 4.78 is 2.29. The van der Waals surface area contributed by atoms with Gasteiger partial charge in [-0.25, -0.2) is 4.57 Å². The van der Waals surface area contributed by atoms with E-state index in [1.807, 2.05) is 0 Å². The van der Waals surface area contributed by atoms with Crippen LogP contribution in [0.4, 0.5) is 0 Å². The van der Waals surface area contributed by atoms with Gasteiger partial charge in [0.05, 0.1) is 10.9 Å². The maximum atomic E-state index is 2.36. The van der Waals surface area contributed by atoms with Crippen molar-refractivity contribution in [3.63, 3.8) is 0 Å². The van der Waals surface area contributed by atoms with Crippen LogP contribution in [0.1, 0.15) is 53.9 Å². The number of aryl methyl sites for hydroxylation is 3. The third kappa shape index (κ3) is 2.76. The van der Waals surface area contributed by atoms with E-state index in [-0.39, 0.29) is 0 Å². The smallest absolute Gasteiger partial charge is 0.200 e. The van der Waals surface area contributed by atoms with Crippen molar-refractivity contribution in [2.45, 2.75) is 52.4 Å². The predicted molar refractivity (Wildman–Crippen MR) is 106 cm³/mol. The summed E-state index contributed by atoms with van der Waals surface area (Å²) in [5.41, 5.74) is 8.37. The molecule has 0 saturated heterocycles.